The summed E-state index contributed by atoms with van der Waals surface area (Å²) in [5, 5.41) is 11.0. The fourth-order valence-electron chi connectivity index (χ4n) is 2.70. The first-order chi connectivity index (χ1) is 12.7. The number of carbonyl (C=O) groups is 1. The Morgan fingerprint density at radius 3 is 2.81 bits per heavy atom. The van der Waals surface area contributed by atoms with E-state index < -0.39 is 5.82 Å². The van der Waals surface area contributed by atoms with Crippen LogP contribution in [0.4, 0.5) is 4.39 Å². The van der Waals surface area contributed by atoms with E-state index in [0.29, 0.717) is 24.3 Å². The highest BCUT2D eigenvalue weighted by Crippen LogP contribution is 2.24. The summed E-state index contributed by atoms with van der Waals surface area (Å²) in [5.41, 5.74) is 1.08. The molecule has 0 radical (unpaired) electrons. The van der Waals surface area contributed by atoms with E-state index in [-0.39, 0.29) is 11.7 Å². The van der Waals surface area contributed by atoms with E-state index in [9.17, 15) is 9.18 Å². The van der Waals surface area contributed by atoms with Crippen molar-refractivity contribution in [1.29, 1.82) is 0 Å². The molecule has 0 aliphatic carbocycles. The van der Waals surface area contributed by atoms with Crippen molar-refractivity contribution in [2.24, 2.45) is 0 Å². The van der Waals surface area contributed by atoms with E-state index in [0.717, 1.165) is 11.5 Å². The fraction of sp³-hybridized carbons (Fsp3) is 0.105. The maximum atomic E-state index is 13.8. The van der Waals surface area contributed by atoms with E-state index in [1.54, 1.807) is 24.3 Å². The van der Waals surface area contributed by atoms with Gasteiger partial charge in [0.1, 0.15) is 17.4 Å². The van der Waals surface area contributed by atoms with Crippen LogP contribution in [0.1, 0.15) is 16.4 Å². The quantitative estimate of drug-likeness (QED) is 0.600. The summed E-state index contributed by atoms with van der Waals surface area (Å²) in [6.07, 6.45) is 2.40. The molecule has 7 heteroatoms. The molecule has 0 aliphatic rings. The number of nitrogens with zero attached hydrogens (tertiary/aromatic N) is 3. The Bertz CT molecular complexity index is 1070. The van der Waals surface area contributed by atoms with Crippen LogP contribution in [0.15, 0.2) is 65.2 Å². The molecule has 130 valence electrons. The molecule has 1 aromatic carbocycles. The third-order valence-corrected chi connectivity index (χ3v) is 3.99. The van der Waals surface area contributed by atoms with Crippen molar-refractivity contribution in [3.63, 3.8) is 0 Å². The Kier molecular flexibility index (Phi) is 4.18. The second kappa shape index (κ2) is 6.79. The molecule has 26 heavy (non-hydrogen) atoms. The maximum absolute atomic E-state index is 13.8. The first kappa shape index (κ1) is 16.0. The average Bonchev–Trinajstić information content (AvgIpc) is 3.30. The van der Waals surface area contributed by atoms with Crippen LogP contribution in [0.25, 0.3) is 17.0 Å². The first-order valence-corrected chi connectivity index (χ1v) is 8.14. The molecule has 0 saturated heterocycles. The van der Waals surface area contributed by atoms with Crippen LogP contribution in [0.5, 0.6) is 0 Å². The van der Waals surface area contributed by atoms with Gasteiger partial charge in [-0.1, -0.05) is 18.2 Å². The van der Waals surface area contributed by atoms with Gasteiger partial charge in [-0.05, 0) is 36.4 Å². The summed E-state index contributed by atoms with van der Waals surface area (Å²) in [5.74, 6) is 0.451. The summed E-state index contributed by atoms with van der Waals surface area (Å²) >= 11 is 0. The van der Waals surface area contributed by atoms with E-state index in [4.69, 9.17) is 4.42 Å². The molecule has 0 saturated carbocycles. The van der Waals surface area contributed by atoms with Crippen LogP contribution < -0.4 is 5.32 Å². The van der Waals surface area contributed by atoms with Gasteiger partial charge in [0.2, 0.25) is 0 Å². The van der Waals surface area contributed by atoms with Gasteiger partial charge in [-0.25, -0.2) is 4.39 Å². The predicted molar refractivity (Wildman–Crippen MR) is 93.1 cm³/mol. The number of benzene rings is 1. The molecule has 1 amide bonds. The highest BCUT2D eigenvalue weighted by Gasteiger charge is 2.14. The van der Waals surface area contributed by atoms with Gasteiger partial charge in [-0.3, -0.25) is 9.20 Å². The van der Waals surface area contributed by atoms with Crippen LogP contribution >= 0.6 is 0 Å². The van der Waals surface area contributed by atoms with Crippen molar-refractivity contribution in [3.8, 4) is 11.3 Å². The highest BCUT2D eigenvalue weighted by molar-refractivity contribution is 5.92. The highest BCUT2D eigenvalue weighted by atomic mass is 19.1. The number of furan rings is 1. The Morgan fingerprint density at radius 2 is 1.92 bits per heavy atom. The molecule has 6 nitrogen and oxygen atoms in total. The molecule has 0 unspecified atom stereocenters. The van der Waals surface area contributed by atoms with Crippen LogP contribution in [-0.2, 0) is 6.42 Å². The van der Waals surface area contributed by atoms with Gasteiger partial charge in [0.05, 0.1) is 5.56 Å². The van der Waals surface area contributed by atoms with E-state index in [2.05, 4.69) is 15.5 Å². The third-order valence-electron chi connectivity index (χ3n) is 3.99. The zero-order valence-corrected chi connectivity index (χ0v) is 13.7. The fourth-order valence-corrected chi connectivity index (χ4v) is 2.70. The van der Waals surface area contributed by atoms with Gasteiger partial charge in [-0.15, -0.1) is 10.2 Å². The van der Waals surface area contributed by atoms with Gasteiger partial charge in [0, 0.05) is 19.2 Å². The molecular weight excluding hydrogens is 335 g/mol. The number of amides is 1. The van der Waals surface area contributed by atoms with Gasteiger partial charge in [0.15, 0.2) is 11.4 Å². The lowest BCUT2D eigenvalue weighted by atomic mass is 10.1. The van der Waals surface area contributed by atoms with E-state index in [1.165, 1.54) is 12.1 Å². The lowest BCUT2D eigenvalue weighted by Crippen LogP contribution is -2.25. The Labute approximate surface area is 148 Å². The zero-order valence-electron chi connectivity index (χ0n) is 13.7. The minimum Gasteiger partial charge on any atom is -0.451 e. The average molecular weight is 350 g/mol. The van der Waals surface area contributed by atoms with Gasteiger partial charge < -0.3 is 9.73 Å². The second-order valence-corrected chi connectivity index (χ2v) is 5.69. The smallest absolute Gasteiger partial charge is 0.287 e. The summed E-state index contributed by atoms with van der Waals surface area (Å²) < 4.78 is 21.2. The summed E-state index contributed by atoms with van der Waals surface area (Å²) in [6.45, 7) is 0.379. The Balaban J connectivity index is 1.40. The molecule has 1 N–H and O–H groups in total. The third kappa shape index (κ3) is 3.06. The number of hydrogen-bond acceptors (Lipinski definition) is 4. The van der Waals surface area contributed by atoms with E-state index in [1.807, 2.05) is 28.8 Å². The number of nitrogens with one attached hydrogen (secondary N) is 1. The predicted octanol–water partition coefficient (Wildman–Crippen LogP) is 3.10. The molecule has 0 aliphatic heterocycles. The number of rotatable bonds is 5. The van der Waals surface area contributed by atoms with Gasteiger partial charge in [-0.2, -0.15) is 0 Å². The lowest BCUT2D eigenvalue weighted by Gasteiger charge is -2.03. The molecular formula is C19H15FN4O2. The Hall–Kier alpha value is -3.48. The van der Waals surface area contributed by atoms with Gasteiger partial charge in [0.25, 0.3) is 5.91 Å². The minimum atomic E-state index is -0.396. The number of halogens is 1. The first-order valence-electron chi connectivity index (χ1n) is 8.14. The number of pyridine rings is 1. The molecule has 0 bridgehead atoms. The van der Waals surface area contributed by atoms with Crippen molar-refractivity contribution in [2.75, 3.05) is 6.54 Å². The summed E-state index contributed by atoms with van der Waals surface area (Å²) in [6, 6.07) is 15.0. The lowest BCUT2D eigenvalue weighted by molar-refractivity contribution is 0.0927. The van der Waals surface area contributed by atoms with Gasteiger partial charge >= 0.3 is 0 Å². The molecule has 0 atom stereocenters. The number of fused-ring (bicyclic) bond motifs is 1. The maximum Gasteiger partial charge on any atom is 0.287 e. The van der Waals surface area contributed by atoms with Crippen LogP contribution in [0, 0.1) is 5.82 Å². The molecule has 3 aromatic heterocycles. The summed E-state index contributed by atoms with van der Waals surface area (Å²) in [4.78, 5) is 12.2. The SMILES string of the molecule is O=C(NCCc1nnc2ccccn12)c1ccc(-c2ccccc2F)o1. The van der Waals surface area contributed by atoms with Crippen molar-refractivity contribution in [3.05, 3.63) is 78.2 Å². The monoisotopic (exact) mass is 350 g/mol. The summed E-state index contributed by atoms with van der Waals surface area (Å²) in [7, 11) is 0. The van der Waals surface area contributed by atoms with Crippen molar-refractivity contribution >= 4 is 11.6 Å². The molecule has 0 spiro atoms. The largest absolute Gasteiger partial charge is 0.451 e. The number of hydrogen-bond donors (Lipinski definition) is 1. The van der Waals surface area contributed by atoms with E-state index >= 15 is 0 Å². The normalized spacial score (nSPS) is 11.0. The number of carbonyl (C=O) groups excluding carboxylic acids is 1. The van der Waals surface area contributed by atoms with Crippen molar-refractivity contribution in [1.82, 2.24) is 19.9 Å². The topological polar surface area (TPSA) is 72.4 Å². The molecule has 4 rings (SSSR count). The Morgan fingerprint density at radius 1 is 1.08 bits per heavy atom. The number of aromatic nitrogens is 3. The van der Waals surface area contributed by atoms with Crippen molar-refractivity contribution < 1.29 is 13.6 Å². The molecule has 0 fully saturated rings. The molecule has 3 heterocycles. The van der Waals surface area contributed by atoms with Crippen LogP contribution in [-0.4, -0.2) is 27.0 Å². The standard InChI is InChI=1S/C19H15FN4O2/c20-14-6-2-1-5-13(14)15-8-9-16(26-15)19(25)21-11-10-18-23-22-17-7-3-4-12-24(17)18/h1-9,12H,10-11H2,(H,21,25). The van der Waals surface area contributed by atoms with Crippen LogP contribution in [0.3, 0.4) is 0 Å². The minimum absolute atomic E-state index is 0.134. The molecule has 4 aromatic rings. The van der Waals surface area contributed by atoms with Crippen LogP contribution in [0.2, 0.25) is 0 Å². The zero-order chi connectivity index (χ0) is 17.9. The second-order valence-electron chi connectivity index (χ2n) is 5.69. The van der Waals surface area contributed by atoms with Crippen molar-refractivity contribution in [2.45, 2.75) is 6.42 Å².